The average molecular weight is 314 g/mol. The van der Waals surface area contributed by atoms with Gasteiger partial charge in [0.05, 0.1) is 12.3 Å². The zero-order valence-electron chi connectivity index (χ0n) is 9.84. The van der Waals surface area contributed by atoms with Crippen molar-refractivity contribution in [2.45, 2.75) is 0 Å². The Kier molecular flexibility index (Phi) is 4.33. The number of methoxy groups -OCH3 is 1. The lowest BCUT2D eigenvalue weighted by Gasteiger charge is -2.00. The summed E-state index contributed by atoms with van der Waals surface area (Å²) in [5.74, 6) is 0.376. The maximum absolute atomic E-state index is 13.7. The molecule has 2 aromatic rings. The van der Waals surface area contributed by atoms with Gasteiger partial charge in [-0.1, -0.05) is 15.9 Å². The first-order valence-electron chi connectivity index (χ1n) is 5.44. The van der Waals surface area contributed by atoms with E-state index in [1.165, 1.54) is 6.07 Å². The Morgan fingerprint density at radius 1 is 1.44 bits per heavy atom. The minimum atomic E-state index is -0.295. The molecule has 6 heteroatoms. The molecule has 2 rings (SSSR count). The van der Waals surface area contributed by atoms with E-state index in [-0.39, 0.29) is 5.82 Å². The number of aromatic nitrogens is 2. The lowest BCUT2D eigenvalue weighted by Crippen LogP contribution is -2.07. The maximum Gasteiger partial charge on any atom is 0.148 e. The first-order chi connectivity index (χ1) is 8.70. The molecule has 1 aromatic heterocycles. The van der Waals surface area contributed by atoms with E-state index in [0.29, 0.717) is 34.7 Å². The molecule has 0 atom stereocenters. The largest absolute Gasteiger partial charge is 0.383 e. The van der Waals surface area contributed by atoms with Crippen molar-refractivity contribution >= 4 is 21.7 Å². The van der Waals surface area contributed by atoms with Crippen molar-refractivity contribution in [1.82, 2.24) is 10.2 Å². The fraction of sp³-hybridized carbons (Fsp3) is 0.250. The van der Waals surface area contributed by atoms with Crippen molar-refractivity contribution in [3.05, 3.63) is 34.6 Å². The van der Waals surface area contributed by atoms with E-state index in [9.17, 15) is 4.39 Å². The second-order valence-electron chi connectivity index (χ2n) is 3.71. The number of hydrogen-bond donors (Lipinski definition) is 2. The van der Waals surface area contributed by atoms with Crippen LogP contribution in [0.15, 0.2) is 28.7 Å². The summed E-state index contributed by atoms with van der Waals surface area (Å²) >= 11 is 3.22. The van der Waals surface area contributed by atoms with Crippen LogP contribution in [0.4, 0.5) is 10.2 Å². The minimum absolute atomic E-state index is 0.295. The van der Waals surface area contributed by atoms with Crippen LogP contribution in [0.5, 0.6) is 0 Å². The standard InChI is InChI=1S/C12H13BrFN3O/c1-18-5-4-15-12-7-11(16-17-12)9-3-2-8(13)6-10(9)14/h2-3,6-7H,4-5H2,1H3,(H2,15,16,17). The Labute approximate surface area is 113 Å². The molecular formula is C12H13BrFN3O. The van der Waals surface area contributed by atoms with Gasteiger partial charge in [-0.25, -0.2) is 4.39 Å². The molecule has 0 unspecified atom stereocenters. The fourth-order valence-corrected chi connectivity index (χ4v) is 1.87. The van der Waals surface area contributed by atoms with E-state index in [1.807, 2.05) is 0 Å². The summed E-state index contributed by atoms with van der Waals surface area (Å²) in [6.07, 6.45) is 0. The highest BCUT2D eigenvalue weighted by molar-refractivity contribution is 9.10. The Morgan fingerprint density at radius 2 is 2.28 bits per heavy atom. The number of nitrogens with zero attached hydrogens (tertiary/aromatic N) is 1. The second kappa shape index (κ2) is 5.97. The quantitative estimate of drug-likeness (QED) is 0.834. The van der Waals surface area contributed by atoms with Crippen LogP contribution in [0.3, 0.4) is 0 Å². The molecule has 0 saturated heterocycles. The molecule has 0 amide bonds. The zero-order valence-corrected chi connectivity index (χ0v) is 11.4. The fourth-order valence-electron chi connectivity index (χ4n) is 1.54. The van der Waals surface area contributed by atoms with Crippen molar-refractivity contribution in [2.75, 3.05) is 25.6 Å². The number of hydrogen-bond acceptors (Lipinski definition) is 3. The van der Waals surface area contributed by atoms with Crippen molar-refractivity contribution in [2.24, 2.45) is 0 Å². The van der Waals surface area contributed by atoms with Crippen LogP contribution in [0.1, 0.15) is 0 Å². The highest BCUT2D eigenvalue weighted by Gasteiger charge is 2.08. The Morgan fingerprint density at radius 3 is 3.00 bits per heavy atom. The molecule has 2 N–H and O–H groups in total. The molecule has 4 nitrogen and oxygen atoms in total. The monoisotopic (exact) mass is 313 g/mol. The molecule has 0 radical (unpaired) electrons. The molecule has 0 spiro atoms. The molecule has 96 valence electrons. The van der Waals surface area contributed by atoms with Crippen LogP contribution >= 0.6 is 15.9 Å². The number of nitrogens with one attached hydrogen (secondary N) is 2. The third kappa shape index (κ3) is 3.08. The lowest BCUT2D eigenvalue weighted by atomic mass is 10.1. The van der Waals surface area contributed by atoms with E-state index in [1.54, 1.807) is 25.3 Å². The van der Waals surface area contributed by atoms with E-state index in [0.717, 1.165) is 0 Å². The van der Waals surface area contributed by atoms with Gasteiger partial charge in [-0.05, 0) is 18.2 Å². The summed E-state index contributed by atoms with van der Waals surface area (Å²) < 4.78 is 19.4. The Bertz CT molecular complexity index is 530. The topological polar surface area (TPSA) is 49.9 Å². The van der Waals surface area contributed by atoms with Crippen molar-refractivity contribution < 1.29 is 9.13 Å². The number of benzene rings is 1. The molecule has 0 saturated carbocycles. The average Bonchev–Trinajstić information content (AvgIpc) is 2.78. The third-order valence-electron chi connectivity index (χ3n) is 2.41. The molecule has 1 heterocycles. The predicted molar refractivity (Wildman–Crippen MR) is 72.0 cm³/mol. The summed E-state index contributed by atoms with van der Waals surface area (Å²) in [5, 5.41) is 9.93. The van der Waals surface area contributed by atoms with Crippen LogP contribution < -0.4 is 5.32 Å². The van der Waals surface area contributed by atoms with Gasteiger partial charge in [-0.2, -0.15) is 5.10 Å². The normalized spacial score (nSPS) is 10.6. The first kappa shape index (κ1) is 13.0. The Hall–Kier alpha value is -1.40. The van der Waals surface area contributed by atoms with E-state index in [2.05, 4.69) is 31.4 Å². The van der Waals surface area contributed by atoms with Crippen LogP contribution in [0.2, 0.25) is 0 Å². The van der Waals surface area contributed by atoms with Gasteiger partial charge in [0.15, 0.2) is 0 Å². The first-order valence-corrected chi connectivity index (χ1v) is 6.23. The number of ether oxygens (including phenoxy) is 1. The molecule has 0 bridgehead atoms. The molecule has 0 aliphatic heterocycles. The Balaban J connectivity index is 2.13. The highest BCUT2D eigenvalue weighted by Crippen LogP contribution is 2.25. The molecule has 18 heavy (non-hydrogen) atoms. The van der Waals surface area contributed by atoms with E-state index >= 15 is 0 Å². The van der Waals surface area contributed by atoms with Crippen LogP contribution in [-0.2, 0) is 4.74 Å². The molecule has 0 fully saturated rings. The van der Waals surface area contributed by atoms with Gasteiger partial charge in [-0.15, -0.1) is 0 Å². The number of anilines is 1. The van der Waals surface area contributed by atoms with Gasteiger partial charge in [0.2, 0.25) is 0 Å². The van der Waals surface area contributed by atoms with Crippen molar-refractivity contribution in [1.29, 1.82) is 0 Å². The number of H-pyrrole nitrogens is 1. The third-order valence-corrected chi connectivity index (χ3v) is 2.90. The van der Waals surface area contributed by atoms with Crippen LogP contribution in [0, 0.1) is 5.82 Å². The molecular weight excluding hydrogens is 301 g/mol. The van der Waals surface area contributed by atoms with E-state index < -0.39 is 0 Å². The smallest absolute Gasteiger partial charge is 0.148 e. The highest BCUT2D eigenvalue weighted by atomic mass is 79.9. The second-order valence-corrected chi connectivity index (χ2v) is 4.63. The minimum Gasteiger partial charge on any atom is -0.383 e. The predicted octanol–water partition coefficient (Wildman–Crippen LogP) is 3.04. The summed E-state index contributed by atoms with van der Waals surface area (Å²) in [6, 6.07) is 6.68. The van der Waals surface area contributed by atoms with Crippen molar-refractivity contribution in [3.8, 4) is 11.3 Å². The summed E-state index contributed by atoms with van der Waals surface area (Å²) in [5.41, 5.74) is 1.13. The van der Waals surface area contributed by atoms with Gasteiger partial charge in [0, 0.05) is 29.8 Å². The maximum atomic E-state index is 13.7. The number of aromatic amines is 1. The van der Waals surface area contributed by atoms with E-state index in [4.69, 9.17) is 4.74 Å². The lowest BCUT2D eigenvalue weighted by molar-refractivity contribution is 0.210. The molecule has 0 aliphatic rings. The number of halogens is 2. The van der Waals surface area contributed by atoms with Crippen LogP contribution in [-0.4, -0.2) is 30.5 Å². The zero-order chi connectivity index (χ0) is 13.0. The molecule has 0 aliphatic carbocycles. The summed E-state index contributed by atoms with van der Waals surface area (Å²) in [7, 11) is 1.63. The van der Waals surface area contributed by atoms with Gasteiger partial charge < -0.3 is 10.1 Å². The van der Waals surface area contributed by atoms with Gasteiger partial charge >= 0.3 is 0 Å². The SMILES string of the molecule is COCCNc1cc(-c2ccc(Br)cc2F)[nH]n1. The van der Waals surface area contributed by atoms with Gasteiger partial charge in [0.25, 0.3) is 0 Å². The van der Waals surface area contributed by atoms with Crippen LogP contribution in [0.25, 0.3) is 11.3 Å². The summed E-state index contributed by atoms with van der Waals surface area (Å²) in [6.45, 7) is 1.25. The molecule has 1 aromatic carbocycles. The van der Waals surface area contributed by atoms with Gasteiger partial charge in [0.1, 0.15) is 11.6 Å². The summed E-state index contributed by atoms with van der Waals surface area (Å²) in [4.78, 5) is 0. The van der Waals surface area contributed by atoms with Crippen molar-refractivity contribution in [3.63, 3.8) is 0 Å². The van der Waals surface area contributed by atoms with Gasteiger partial charge in [-0.3, -0.25) is 5.10 Å². The number of rotatable bonds is 5.